The summed E-state index contributed by atoms with van der Waals surface area (Å²) in [5.41, 5.74) is 1.36. The fourth-order valence-corrected chi connectivity index (χ4v) is 2.76. The van der Waals surface area contributed by atoms with E-state index in [0.717, 1.165) is 31.7 Å². The number of piperidine rings is 1. The lowest BCUT2D eigenvalue weighted by atomic mass is 9.89. The Kier molecular flexibility index (Phi) is 8.18. The number of hydrogen-bond donors (Lipinski definition) is 1. The number of hydrogen-bond acceptors (Lipinski definition) is 4. The van der Waals surface area contributed by atoms with Crippen molar-refractivity contribution in [2.24, 2.45) is 5.92 Å². The number of ether oxygens (including phenoxy) is 2. The number of methoxy groups -OCH3 is 2. The lowest BCUT2D eigenvalue weighted by Crippen LogP contribution is -2.42. The van der Waals surface area contributed by atoms with Crippen LogP contribution in [0.5, 0.6) is 5.75 Å². The Hall–Kier alpha value is -1.80. The minimum atomic E-state index is -5.08. The SMILES string of the molecule is COc1ccc(C[C@H]2CN(C)CC[C@H]2OC)cc1.O=C(O)C(F)(F)F. The summed E-state index contributed by atoms with van der Waals surface area (Å²) in [7, 11) is 5.72. The van der Waals surface area contributed by atoms with Crippen LogP contribution in [0.1, 0.15) is 12.0 Å². The number of likely N-dealkylation sites (tertiary alicyclic amines) is 1. The summed E-state index contributed by atoms with van der Waals surface area (Å²) in [4.78, 5) is 11.3. The van der Waals surface area contributed by atoms with Crippen molar-refractivity contribution in [1.29, 1.82) is 0 Å². The molecule has 1 heterocycles. The number of rotatable bonds is 4. The predicted octanol–water partition coefficient (Wildman–Crippen LogP) is 2.84. The van der Waals surface area contributed by atoms with E-state index in [-0.39, 0.29) is 0 Å². The average molecular weight is 363 g/mol. The van der Waals surface area contributed by atoms with Crippen molar-refractivity contribution in [2.45, 2.75) is 25.1 Å². The third-order valence-electron chi connectivity index (χ3n) is 4.07. The third-order valence-corrected chi connectivity index (χ3v) is 4.07. The number of aliphatic carboxylic acids is 1. The van der Waals surface area contributed by atoms with Gasteiger partial charge in [-0.25, -0.2) is 4.79 Å². The molecule has 1 saturated heterocycles. The number of halogens is 3. The summed E-state index contributed by atoms with van der Waals surface area (Å²) in [6.07, 6.45) is -2.48. The molecule has 1 aliphatic heterocycles. The lowest BCUT2D eigenvalue weighted by Gasteiger charge is -2.36. The van der Waals surface area contributed by atoms with Gasteiger partial charge in [-0.05, 0) is 37.6 Å². The van der Waals surface area contributed by atoms with E-state index in [0.29, 0.717) is 12.0 Å². The van der Waals surface area contributed by atoms with Crippen molar-refractivity contribution in [3.63, 3.8) is 0 Å². The maximum Gasteiger partial charge on any atom is 0.490 e. The molecular formula is C17H24F3NO4. The molecule has 2 rings (SSSR count). The van der Waals surface area contributed by atoms with Crippen LogP contribution >= 0.6 is 0 Å². The number of nitrogens with zero attached hydrogens (tertiary/aromatic N) is 1. The zero-order valence-corrected chi connectivity index (χ0v) is 14.5. The fraction of sp³-hybridized carbons (Fsp3) is 0.588. The van der Waals surface area contributed by atoms with Crippen molar-refractivity contribution in [1.82, 2.24) is 4.90 Å². The van der Waals surface area contributed by atoms with Crippen LogP contribution in [-0.2, 0) is 16.0 Å². The molecule has 0 amide bonds. The third kappa shape index (κ3) is 7.31. The molecule has 0 saturated carbocycles. The molecule has 0 aliphatic carbocycles. The van der Waals surface area contributed by atoms with Gasteiger partial charge in [0.15, 0.2) is 0 Å². The molecule has 2 atom stereocenters. The number of benzene rings is 1. The second-order valence-corrected chi connectivity index (χ2v) is 5.94. The zero-order chi connectivity index (χ0) is 19.0. The maximum absolute atomic E-state index is 10.6. The molecule has 1 aromatic carbocycles. The van der Waals surface area contributed by atoms with Crippen LogP contribution in [0.2, 0.25) is 0 Å². The Balaban J connectivity index is 0.000000381. The van der Waals surface area contributed by atoms with E-state index in [4.69, 9.17) is 19.4 Å². The first-order valence-electron chi connectivity index (χ1n) is 7.81. The van der Waals surface area contributed by atoms with Crippen molar-refractivity contribution < 1.29 is 32.5 Å². The minimum Gasteiger partial charge on any atom is -0.497 e. The van der Waals surface area contributed by atoms with Gasteiger partial charge in [-0.2, -0.15) is 13.2 Å². The van der Waals surface area contributed by atoms with Crippen molar-refractivity contribution in [3.8, 4) is 5.75 Å². The van der Waals surface area contributed by atoms with Gasteiger partial charge in [0.2, 0.25) is 0 Å². The maximum atomic E-state index is 10.6. The van der Waals surface area contributed by atoms with E-state index in [1.165, 1.54) is 5.56 Å². The molecule has 0 bridgehead atoms. The topological polar surface area (TPSA) is 59.0 Å². The molecule has 8 heteroatoms. The van der Waals surface area contributed by atoms with Crippen LogP contribution in [0.4, 0.5) is 13.2 Å². The highest BCUT2D eigenvalue weighted by atomic mass is 19.4. The van der Waals surface area contributed by atoms with Crippen molar-refractivity contribution in [3.05, 3.63) is 29.8 Å². The molecule has 5 nitrogen and oxygen atoms in total. The molecular weight excluding hydrogens is 339 g/mol. The lowest BCUT2D eigenvalue weighted by molar-refractivity contribution is -0.192. The highest BCUT2D eigenvalue weighted by Gasteiger charge is 2.38. The van der Waals surface area contributed by atoms with Gasteiger partial charge in [-0.1, -0.05) is 12.1 Å². The van der Waals surface area contributed by atoms with E-state index in [1.807, 2.05) is 19.2 Å². The zero-order valence-electron chi connectivity index (χ0n) is 14.5. The second-order valence-electron chi connectivity index (χ2n) is 5.94. The highest BCUT2D eigenvalue weighted by molar-refractivity contribution is 5.73. The molecule has 1 fully saturated rings. The molecule has 0 unspecified atom stereocenters. The van der Waals surface area contributed by atoms with Crippen LogP contribution < -0.4 is 4.74 Å². The Morgan fingerprint density at radius 1 is 1.28 bits per heavy atom. The number of alkyl halides is 3. The molecule has 25 heavy (non-hydrogen) atoms. The van der Waals surface area contributed by atoms with Gasteiger partial charge in [0.05, 0.1) is 13.2 Å². The van der Waals surface area contributed by atoms with Crippen molar-refractivity contribution >= 4 is 5.97 Å². The van der Waals surface area contributed by atoms with Crippen LogP contribution in [0.25, 0.3) is 0 Å². The first kappa shape index (κ1) is 21.2. The number of carboxylic acid groups (broad SMARTS) is 1. The monoisotopic (exact) mass is 363 g/mol. The average Bonchev–Trinajstić information content (AvgIpc) is 2.55. The Morgan fingerprint density at radius 2 is 1.84 bits per heavy atom. The van der Waals surface area contributed by atoms with Gasteiger partial charge >= 0.3 is 12.1 Å². The molecule has 0 aromatic heterocycles. The normalized spacial score (nSPS) is 21.2. The van der Waals surface area contributed by atoms with E-state index in [9.17, 15) is 13.2 Å². The van der Waals surface area contributed by atoms with Gasteiger partial charge in [-0.15, -0.1) is 0 Å². The summed E-state index contributed by atoms with van der Waals surface area (Å²) in [5, 5.41) is 7.12. The van der Waals surface area contributed by atoms with E-state index in [1.54, 1.807) is 7.11 Å². The van der Waals surface area contributed by atoms with E-state index < -0.39 is 12.1 Å². The largest absolute Gasteiger partial charge is 0.497 e. The molecule has 1 aliphatic rings. The van der Waals surface area contributed by atoms with Gasteiger partial charge in [0.25, 0.3) is 0 Å². The molecule has 0 radical (unpaired) electrons. The van der Waals surface area contributed by atoms with Crippen LogP contribution in [0.3, 0.4) is 0 Å². The van der Waals surface area contributed by atoms with Gasteiger partial charge < -0.3 is 19.5 Å². The molecule has 142 valence electrons. The first-order chi connectivity index (χ1) is 11.7. The summed E-state index contributed by atoms with van der Waals surface area (Å²) in [6.45, 7) is 2.25. The summed E-state index contributed by atoms with van der Waals surface area (Å²) >= 11 is 0. The van der Waals surface area contributed by atoms with Gasteiger partial charge in [0.1, 0.15) is 5.75 Å². The standard InChI is InChI=1S/C15H23NO2.C2HF3O2/c1-16-9-8-15(18-3)13(11-16)10-12-4-6-14(17-2)7-5-12;3-2(4,5)1(6)7/h4-7,13,15H,8-11H2,1-3H3;(H,6,7)/t13-,15+;/m0./s1. The highest BCUT2D eigenvalue weighted by Crippen LogP contribution is 2.23. The second kappa shape index (κ2) is 9.62. The summed E-state index contributed by atoms with van der Waals surface area (Å²) in [5.74, 6) is -1.25. The Bertz CT molecular complexity index is 534. The van der Waals surface area contributed by atoms with Crippen LogP contribution in [0, 0.1) is 5.92 Å². The first-order valence-corrected chi connectivity index (χ1v) is 7.81. The minimum absolute atomic E-state index is 0.392. The molecule has 1 aromatic rings. The number of carbonyl (C=O) groups is 1. The summed E-state index contributed by atoms with van der Waals surface area (Å²) < 4.78 is 42.5. The number of carboxylic acids is 1. The van der Waals surface area contributed by atoms with Crippen molar-refractivity contribution in [2.75, 3.05) is 34.4 Å². The fourth-order valence-electron chi connectivity index (χ4n) is 2.76. The summed E-state index contributed by atoms with van der Waals surface area (Å²) in [6, 6.07) is 8.37. The molecule has 1 N–H and O–H groups in total. The molecule has 0 spiro atoms. The predicted molar refractivity (Wildman–Crippen MR) is 86.8 cm³/mol. The van der Waals surface area contributed by atoms with Gasteiger partial charge in [-0.3, -0.25) is 0 Å². The Morgan fingerprint density at radius 3 is 2.28 bits per heavy atom. The van der Waals surface area contributed by atoms with E-state index >= 15 is 0 Å². The van der Waals surface area contributed by atoms with Crippen LogP contribution in [-0.4, -0.2) is 62.6 Å². The van der Waals surface area contributed by atoms with E-state index in [2.05, 4.69) is 24.1 Å². The quantitative estimate of drug-likeness (QED) is 0.891. The van der Waals surface area contributed by atoms with Crippen LogP contribution in [0.15, 0.2) is 24.3 Å². The smallest absolute Gasteiger partial charge is 0.490 e. The Labute approximate surface area is 145 Å². The van der Waals surface area contributed by atoms with Gasteiger partial charge in [0, 0.05) is 26.1 Å².